The molecule has 0 radical (unpaired) electrons. The lowest BCUT2D eigenvalue weighted by Gasteiger charge is -2.10. The number of nitrogens with one attached hydrogen (secondary N) is 1. The Balaban J connectivity index is 1.68. The number of benzene rings is 2. The van der Waals surface area contributed by atoms with Crippen molar-refractivity contribution in [2.75, 3.05) is 7.11 Å². The summed E-state index contributed by atoms with van der Waals surface area (Å²) in [6, 6.07) is 12.1. The number of aromatic hydroxyl groups is 1. The number of carbonyl (C=O) groups excluding carboxylic acids is 1. The second kappa shape index (κ2) is 9.84. The van der Waals surface area contributed by atoms with E-state index in [9.17, 15) is 20.0 Å². The highest BCUT2D eigenvalue weighted by molar-refractivity contribution is 14.1. The Kier molecular flexibility index (Phi) is 6.97. The second-order valence-electron chi connectivity index (χ2n) is 5.99. The molecule has 0 aliphatic rings. The Morgan fingerprint density at radius 3 is 2.68 bits per heavy atom. The van der Waals surface area contributed by atoms with Crippen molar-refractivity contribution in [3.63, 3.8) is 0 Å². The van der Waals surface area contributed by atoms with Crippen LogP contribution in [-0.2, 0) is 0 Å². The van der Waals surface area contributed by atoms with Gasteiger partial charge in [-0.15, -0.1) is 0 Å². The lowest BCUT2D eigenvalue weighted by Crippen LogP contribution is -2.17. The van der Waals surface area contributed by atoms with Crippen molar-refractivity contribution in [1.82, 2.24) is 10.4 Å². The van der Waals surface area contributed by atoms with Crippen LogP contribution in [0.15, 0.2) is 59.8 Å². The Hall–Kier alpha value is -3.74. The van der Waals surface area contributed by atoms with Crippen LogP contribution in [-0.4, -0.2) is 34.2 Å². The van der Waals surface area contributed by atoms with Gasteiger partial charge in [0.2, 0.25) is 5.88 Å². The summed E-state index contributed by atoms with van der Waals surface area (Å²) in [6.45, 7) is 0. The standard InChI is InChI=1S/C20H15IN4O6/c1-30-18-8-12(10-23-24-20(27)13-3-5-15(21)16(26)9-13)2-6-17(18)31-19-7-4-14(11-22-19)25(28)29/h2-11,26H,1H3,(H,24,27)/b23-10-. The number of hydrazone groups is 1. The fourth-order valence-electron chi connectivity index (χ4n) is 2.39. The fraction of sp³-hybridized carbons (Fsp3) is 0.0500. The van der Waals surface area contributed by atoms with Crippen LogP contribution < -0.4 is 14.9 Å². The van der Waals surface area contributed by atoms with Gasteiger partial charge in [-0.3, -0.25) is 14.9 Å². The third kappa shape index (κ3) is 5.66. The number of hydrogen-bond donors (Lipinski definition) is 2. The van der Waals surface area contributed by atoms with Crippen molar-refractivity contribution in [1.29, 1.82) is 0 Å². The van der Waals surface area contributed by atoms with E-state index >= 15 is 0 Å². The Morgan fingerprint density at radius 2 is 2.03 bits per heavy atom. The third-order valence-corrected chi connectivity index (χ3v) is 4.83. The third-order valence-electron chi connectivity index (χ3n) is 3.92. The predicted octanol–water partition coefficient (Wildman–Crippen LogP) is 3.86. The van der Waals surface area contributed by atoms with Gasteiger partial charge in [-0.05, 0) is 64.6 Å². The van der Waals surface area contributed by atoms with E-state index in [0.29, 0.717) is 20.6 Å². The molecule has 1 aromatic heterocycles. The summed E-state index contributed by atoms with van der Waals surface area (Å²) in [4.78, 5) is 26.2. The largest absolute Gasteiger partial charge is 0.507 e. The van der Waals surface area contributed by atoms with Gasteiger partial charge in [0, 0.05) is 17.7 Å². The maximum Gasteiger partial charge on any atom is 0.287 e. The van der Waals surface area contributed by atoms with Crippen molar-refractivity contribution in [3.8, 4) is 23.1 Å². The zero-order valence-electron chi connectivity index (χ0n) is 16.0. The number of methoxy groups -OCH3 is 1. The van der Waals surface area contributed by atoms with Crippen LogP contribution >= 0.6 is 22.6 Å². The lowest BCUT2D eigenvalue weighted by molar-refractivity contribution is -0.385. The van der Waals surface area contributed by atoms with Crippen molar-refractivity contribution in [2.24, 2.45) is 5.10 Å². The van der Waals surface area contributed by atoms with E-state index in [-0.39, 0.29) is 22.9 Å². The number of pyridine rings is 1. The number of amides is 1. The van der Waals surface area contributed by atoms with Crippen LogP contribution in [0.25, 0.3) is 0 Å². The first kappa shape index (κ1) is 22.0. The number of hydrogen-bond acceptors (Lipinski definition) is 8. The number of phenols is 1. The van der Waals surface area contributed by atoms with Crippen LogP contribution in [0.4, 0.5) is 5.69 Å². The van der Waals surface area contributed by atoms with Gasteiger partial charge >= 0.3 is 0 Å². The molecular weight excluding hydrogens is 519 g/mol. The Morgan fingerprint density at radius 1 is 1.23 bits per heavy atom. The molecule has 0 unspecified atom stereocenters. The Labute approximate surface area is 189 Å². The molecule has 10 nitrogen and oxygen atoms in total. The van der Waals surface area contributed by atoms with Crippen LogP contribution in [0.2, 0.25) is 0 Å². The number of nitro groups is 1. The van der Waals surface area contributed by atoms with E-state index in [0.717, 1.165) is 6.20 Å². The van der Waals surface area contributed by atoms with Gasteiger partial charge < -0.3 is 14.6 Å². The summed E-state index contributed by atoms with van der Waals surface area (Å²) in [5, 5.41) is 24.3. The second-order valence-corrected chi connectivity index (χ2v) is 7.15. The molecule has 0 atom stereocenters. The molecule has 0 saturated carbocycles. The van der Waals surface area contributed by atoms with Crippen LogP contribution in [0, 0.1) is 13.7 Å². The van der Waals surface area contributed by atoms with Crippen molar-refractivity contribution < 1.29 is 24.3 Å². The first-order valence-electron chi connectivity index (χ1n) is 8.65. The minimum absolute atomic E-state index is 0.0139. The molecule has 2 N–H and O–H groups in total. The molecule has 0 aliphatic carbocycles. The lowest BCUT2D eigenvalue weighted by atomic mass is 10.2. The minimum Gasteiger partial charge on any atom is -0.507 e. The summed E-state index contributed by atoms with van der Waals surface area (Å²) in [6.07, 6.45) is 2.51. The molecule has 1 heterocycles. The molecule has 0 spiro atoms. The van der Waals surface area contributed by atoms with Gasteiger partial charge in [0.15, 0.2) is 11.5 Å². The number of phenolic OH excluding ortho intramolecular Hbond substituents is 1. The highest BCUT2D eigenvalue weighted by atomic mass is 127. The summed E-state index contributed by atoms with van der Waals surface area (Å²) < 4.78 is 11.6. The van der Waals surface area contributed by atoms with Gasteiger partial charge in [0.1, 0.15) is 11.9 Å². The molecule has 11 heteroatoms. The number of nitrogens with zero attached hydrogens (tertiary/aromatic N) is 3. The summed E-state index contributed by atoms with van der Waals surface area (Å²) >= 11 is 1.96. The van der Waals surface area contributed by atoms with Gasteiger partial charge in [0.25, 0.3) is 11.6 Å². The summed E-state index contributed by atoms with van der Waals surface area (Å²) in [7, 11) is 1.46. The number of ether oxygens (including phenoxy) is 2. The zero-order chi connectivity index (χ0) is 22.4. The molecule has 0 bridgehead atoms. The molecule has 158 valence electrons. The zero-order valence-corrected chi connectivity index (χ0v) is 18.1. The fourth-order valence-corrected chi connectivity index (χ4v) is 2.72. The van der Waals surface area contributed by atoms with Gasteiger partial charge in [-0.25, -0.2) is 10.4 Å². The van der Waals surface area contributed by atoms with Crippen molar-refractivity contribution in [2.45, 2.75) is 0 Å². The molecule has 0 saturated heterocycles. The SMILES string of the molecule is COc1cc(/C=N\NC(=O)c2ccc(I)c(O)c2)ccc1Oc1ccc([N+](=O)[O-])cn1. The van der Waals surface area contributed by atoms with E-state index < -0.39 is 10.8 Å². The number of halogens is 1. The van der Waals surface area contributed by atoms with E-state index in [1.807, 2.05) is 22.6 Å². The summed E-state index contributed by atoms with van der Waals surface area (Å²) in [5.41, 5.74) is 3.12. The normalized spacial score (nSPS) is 10.6. The molecule has 3 rings (SSSR count). The highest BCUT2D eigenvalue weighted by Crippen LogP contribution is 2.31. The first-order chi connectivity index (χ1) is 14.9. The average Bonchev–Trinajstić information content (AvgIpc) is 2.76. The summed E-state index contributed by atoms with van der Waals surface area (Å²) in [5.74, 6) is 0.426. The van der Waals surface area contributed by atoms with Gasteiger partial charge in [-0.2, -0.15) is 5.10 Å². The number of carbonyl (C=O) groups is 1. The van der Waals surface area contributed by atoms with E-state index in [4.69, 9.17) is 9.47 Å². The smallest absolute Gasteiger partial charge is 0.287 e. The van der Waals surface area contributed by atoms with Crippen LogP contribution in [0.5, 0.6) is 23.1 Å². The molecule has 1 amide bonds. The maximum absolute atomic E-state index is 12.1. The van der Waals surface area contributed by atoms with E-state index in [1.165, 1.54) is 31.5 Å². The minimum atomic E-state index is -0.550. The molecule has 3 aromatic rings. The Bertz CT molecular complexity index is 1150. The highest BCUT2D eigenvalue weighted by Gasteiger charge is 2.11. The molecule has 31 heavy (non-hydrogen) atoms. The average molecular weight is 534 g/mol. The van der Waals surface area contributed by atoms with Crippen molar-refractivity contribution in [3.05, 3.63) is 79.5 Å². The van der Waals surface area contributed by atoms with E-state index in [2.05, 4.69) is 15.5 Å². The van der Waals surface area contributed by atoms with Crippen molar-refractivity contribution >= 4 is 40.4 Å². The van der Waals surface area contributed by atoms with E-state index in [1.54, 1.807) is 30.3 Å². The maximum atomic E-state index is 12.1. The van der Waals surface area contributed by atoms with Gasteiger partial charge in [-0.1, -0.05) is 0 Å². The van der Waals surface area contributed by atoms with Crippen LogP contribution in [0.3, 0.4) is 0 Å². The molecular formula is C20H15IN4O6. The van der Waals surface area contributed by atoms with Crippen LogP contribution in [0.1, 0.15) is 15.9 Å². The topological polar surface area (TPSA) is 136 Å². The number of aromatic nitrogens is 1. The monoisotopic (exact) mass is 534 g/mol. The first-order valence-corrected chi connectivity index (χ1v) is 9.73. The molecule has 0 aliphatic heterocycles. The predicted molar refractivity (Wildman–Crippen MR) is 120 cm³/mol. The quantitative estimate of drug-likeness (QED) is 0.203. The molecule has 2 aromatic carbocycles. The molecule has 0 fully saturated rings. The number of rotatable bonds is 7. The van der Waals surface area contributed by atoms with Gasteiger partial charge in [0.05, 0.1) is 21.8 Å².